The third-order valence-corrected chi connectivity index (χ3v) is 5.62. The molecular formula is C18H34O2. The number of rotatable bonds is 3. The molecule has 0 aromatic carbocycles. The predicted octanol–water partition coefficient (Wildman–Crippen LogP) is 5.08. The largest absolute Gasteiger partial charge is 0.233 e. The van der Waals surface area contributed by atoms with Gasteiger partial charge in [0.1, 0.15) is 0 Å². The minimum Gasteiger partial charge on any atom is -0.233 e. The molecule has 118 valence electrons. The molecule has 2 fully saturated rings. The zero-order valence-electron chi connectivity index (χ0n) is 14.3. The van der Waals surface area contributed by atoms with E-state index < -0.39 is 0 Å². The normalized spacial score (nSPS) is 50.1. The average molecular weight is 282 g/mol. The first-order chi connectivity index (χ1) is 9.38. The van der Waals surface area contributed by atoms with E-state index in [9.17, 15) is 0 Å². The van der Waals surface area contributed by atoms with Gasteiger partial charge in [-0.15, -0.1) is 0 Å². The van der Waals surface area contributed by atoms with E-state index in [1.165, 1.54) is 25.7 Å². The molecule has 0 aromatic heterocycles. The molecule has 2 heteroatoms. The van der Waals surface area contributed by atoms with Gasteiger partial charge in [-0.05, 0) is 61.2 Å². The summed E-state index contributed by atoms with van der Waals surface area (Å²) in [5.41, 5.74) is 0. The van der Waals surface area contributed by atoms with Gasteiger partial charge in [-0.25, -0.2) is 9.78 Å². The Balaban J connectivity index is 1.87. The van der Waals surface area contributed by atoms with Gasteiger partial charge >= 0.3 is 0 Å². The van der Waals surface area contributed by atoms with Crippen molar-refractivity contribution >= 4 is 0 Å². The molecular weight excluding hydrogens is 248 g/mol. The standard InChI is InChI=1S/C18H34O2/c1-11-7-13(3)17(14(4)8-11)19-20-18-15(5)9-12(2)10-16(18)6/h11-18H,7-10H2,1-6H3. The molecule has 0 heterocycles. The Hall–Kier alpha value is -0.0800. The van der Waals surface area contributed by atoms with Crippen LogP contribution in [0.3, 0.4) is 0 Å². The van der Waals surface area contributed by atoms with Crippen LogP contribution in [0.2, 0.25) is 0 Å². The molecule has 4 atom stereocenters. The van der Waals surface area contributed by atoms with Crippen LogP contribution in [0.15, 0.2) is 0 Å². The molecule has 2 nitrogen and oxygen atoms in total. The summed E-state index contributed by atoms with van der Waals surface area (Å²) in [6.07, 6.45) is 5.64. The van der Waals surface area contributed by atoms with E-state index in [0.717, 1.165) is 11.8 Å². The minimum atomic E-state index is 0.282. The van der Waals surface area contributed by atoms with E-state index in [1.807, 2.05) is 0 Å². The zero-order valence-corrected chi connectivity index (χ0v) is 14.3. The second-order valence-electron chi connectivity index (χ2n) is 8.18. The van der Waals surface area contributed by atoms with Crippen molar-refractivity contribution in [2.24, 2.45) is 35.5 Å². The van der Waals surface area contributed by atoms with Crippen LogP contribution >= 0.6 is 0 Å². The highest BCUT2D eigenvalue weighted by atomic mass is 17.2. The highest BCUT2D eigenvalue weighted by Crippen LogP contribution is 2.38. The summed E-state index contributed by atoms with van der Waals surface area (Å²) in [5.74, 6) is 4.11. The van der Waals surface area contributed by atoms with Crippen LogP contribution < -0.4 is 0 Å². The van der Waals surface area contributed by atoms with Gasteiger partial charge < -0.3 is 0 Å². The first kappa shape index (κ1) is 16.3. The lowest BCUT2D eigenvalue weighted by Crippen LogP contribution is -2.41. The van der Waals surface area contributed by atoms with Crippen molar-refractivity contribution in [2.75, 3.05) is 0 Å². The molecule has 2 aliphatic rings. The lowest BCUT2D eigenvalue weighted by molar-refractivity contribution is -0.387. The van der Waals surface area contributed by atoms with Gasteiger partial charge in [0.15, 0.2) is 0 Å². The fraction of sp³-hybridized carbons (Fsp3) is 1.00. The molecule has 2 rings (SSSR count). The molecule has 2 aliphatic carbocycles. The van der Waals surface area contributed by atoms with Crippen molar-refractivity contribution in [3.63, 3.8) is 0 Å². The van der Waals surface area contributed by atoms with Crippen LogP contribution in [-0.2, 0) is 9.78 Å². The molecule has 0 N–H and O–H groups in total. The highest BCUT2D eigenvalue weighted by Gasteiger charge is 2.37. The van der Waals surface area contributed by atoms with Crippen LogP contribution in [-0.4, -0.2) is 12.2 Å². The van der Waals surface area contributed by atoms with E-state index in [2.05, 4.69) is 41.5 Å². The first-order valence-corrected chi connectivity index (χ1v) is 8.70. The second-order valence-corrected chi connectivity index (χ2v) is 8.18. The quantitative estimate of drug-likeness (QED) is 0.531. The Morgan fingerprint density at radius 2 is 0.750 bits per heavy atom. The average Bonchev–Trinajstić information content (AvgIpc) is 2.30. The summed E-state index contributed by atoms with van der Waals surface area (Å²) >= 11 is 0. The van der Waals surface area contributed by atoms with Crippen LogP contribution in [0.5, 0.6) is 0 Å². The topological polar surface area (TPSA) is 18.5 Å². The van der Waals surface area contributed by atoms with E-state index in [4.69, 9.17) is 9.78 Å². The Morgan fingerprint density at radius 1 is 0.500 bits per heavy atom. The molecule has 2 saturated carbocycles. The van der Waals surface area contributed by atoms with Crippen LogP contribution in [0, 0.1) is 35.5 Å². The molecule has 0 saturated heterocycles. The summed E-state index contributed by atoms with van der Waals surface area (Å²) < 4.78 is 0. The second kappa shape index (κ2) is 6.79. The van der Waals surface area contributed by atoms with Crippen LogP contribution in [0.1, 0.15) is 67.2 Å². The molecule has 0 amide bonds. The molecule has 0 aliphatic heterocycles. The predicted molar refractivity (Wildman–Crippen MR) is 83.2 cm³/mol. The summed E-state index contributed by atoms with van der Waals surface area (Å²) in [6.45, 7) is 14.0. The molecule has 0 bridgehead atoms. The third kappa shape index (κ3) is 3.76. The molecule has 0 radical (unpaired) electrons. The maximum atomic E-state index is 5.97. The van der Waals surface area contributed by atoms with Crippen molar-refractivity contribution < 1.29 is 9.78 Å². The molecule has 0 spiro atoms. The lowest BCUT2D eigenvalue weighted by Gasteiger charge is -2.40. The highest BCUT2D eigenvalue weighted by molar-refractivity contribution is 4.83. The van der Waals surface area contributed by atoms with Gasteiger partial charge in [0, 0.05) is 0 Å². The first-order valence-electron chi connectivity index (χ1n) is 8.70. The maximum absolute atomic E-state index is 5.97. The van der Waals surface area contributed by atoms with Crippen molar-refractivity contribution in [1.29, 1.82) is 0 Å². The molecule has 4 unspecified atom stereocenters. The Kier molecular flexibility index (Phi) is 5.53. The minimum absolute atomic E-state index is 0.282. The van der Waals surface area contributed by atoms with Crippen LogP contribution in [0.4, 0.5) is 0 Å². The summed E-state index contributed by atoms with van der Waals surface area (Å²) in [7, 11) is 0. The monoisotopic (exact) mass is 282 g/mol. The van der Waals surface area contributed by atoms with E-state index in [1.54, 1.807) is 0 Å². The van der Waals surface area contributed by atoms with Crippen molar-refractivity contribution in [3.8, 4) is 0 Å². The smallest absolute Gasteiger partial charge is 0.0981 e. The van der Waals surface area contributed by atoms with Gasteiger partial charge in [-0.2, -0.15) is 0 Å². The van der Waals surface area contributed by atoms with E-state index >= 15 is 0 Å². The van der Waals surface area contributed by atoms with Crippen molar-refractivity contribution in [3.05, 3.63) is 0 Å². The van der Waals surface area contributed by atoms with E-state index in [0.29, 0.717) is 23.7 Å². The van der Waals surface area contributed by atoms with Gasteiger partial charge in [0.2, 0.25) is 0 Å². The van der Waals surface area contributed by atoms with Gasteiger partial charge in [-0.3, -0.25) is 0 Å². The van der Waals surface area contributed by atoms with Gasteiger partial charge in [-0.1, -0.05) is 41.5 Å². The van der Waals surface area contributed by atoms with Gasteiger partial charge in [0.05, 0.1) is 12.2 Å². The Labute approximate surface area is 125 Å². The summed E-state index contributed by atoms with van der Waals surface area (Å²) in [4.78, 5) is 11.9. The van der Waals surface area contributed by atoms with Gasteiger partial charge in [0.25, 0.3) is 0 Å². The lowest BCUT2D eigenvalue weighted by atomic mass is 9.75. The SMILES string of the molecule is CC1CC(C)C(OOC2C(C)CC(C)CC2C)C(C)C1. The maximum Gasteiger partial charge on any atom is 0.0981 e. The third-order valence-electron chi connectivity index (χ3n) is 5.62. The Morgan fingerprint density at radius 3 is 1.00 bits per heavy atom. The molecule has 0 aromatic rings. The van der Waals surface area contributed by atoms with E-state index in [-0.39, 0.29) is 12.2 Å². The fourth-order valence-electron chi connectivity index (χ4n) is 4.90. The number of hydrogen-bond acceptors (Lipinski definition) is 2. The Bertz CT molecular complexity index is 250. The van der Waals surface area contributed by atoms with Crippen molar-refractivity contribution in [1.82, 2.24) is 0 Å². The summed E-state index contributed by atoms with van der Waals surface area (Å²) in [5, 5.41) is 0. The fourth-order valence-corrected chi connectivity index (χ4v) is 4.90. The summed E-state index contributed by atoms with van der Waals surface area (Å²) in [6, 6.07) is 0. The molecule has 20 heavy (non-hydrogen) atoms. The zero-order chi connectivity index (χ0) is 14.9. The van der Waals surface area contributed by atoms with Crippen LogP contribution in [0.25, 0.3) is 0 Å². The van der Waals surface area contributed by atoms with Crippen molar-refractivity contribution in [2.45, 2.75) is 79.4 Å². The number of hydrogen-bond donors (Lipinski definition) is 0.